The van der Waals surface area contributed by atoms with Crippen molar-refractivity contribution in [3.05, 3.63) is 23.7 Å². The van der Waals surface area contributed by atoms with Gasteiger partial charge in [-0.25, -0.2) is 4.79 Å². The third kappa shape index (κ3) is 2.82. The van der Waals surface area contributed by atoms with Crippen molar-refractivity contribution in [2.24, 2.45) is 0 Å². The second-order valence-corrected chi connectivity index (χ2v) is 4.31. The van der Waals surface area contributed by atoms with Gasteiger partial charge in [-0.3, -0.25) is 19.8 Å². The van der Waals surface area contributed by atoms with Gasteiger partial charge in [0.2, 0.25) is 17.6 Å². The van der Waals surface area contributed by atoms with Crippen LogP contribution in [0.4, 0.5) is 0 Å². The number of piperazine rings is 1. The number of carbonyl (C=O) groups is 3. The van der Waals surface area contributed by atoms with Crippen LogP contribution >= 0.6 is 0 Å². The smallest absolute Gasteiger partial charge is 0.371 e. The van der Waals surface area contributed by atoms with Crippen LogP contribution in [-0.4, -0.2) is 40.4 Å². The summed E-state index contributed by atoms with van der Waals surface area (Å²) in [7, 11) is 0. The molecule has 7 nitrogen and oxygen atoms in total. The number of hydrogen-bond acceptors (Lipinski definition) is 5. The van der Waals surface area contributed by atoms with Crippen molar-refractivity contribution in [1.82, 2.24) is 10.2 Å². The first-order valence-corrected chi connectivity index (χ1v) is 5.91. The minimum Gasteiger partial charge on any atom is -0.475 e. The average Bonchev–Trinajstić information content (AvgIpc) is 2.77. The monoisotopic (exact) mass is 266 g/mol. The first-order chi connectivity index (χ1) is 9.01. The topological polar surface area (TPSA) is 99.9 Å². The molecule has 0 saturated carbocycles. The lowest BCUT2D eigenvalue weighted by molar-refractivity contribution is -0.140. The lowest BCUT2D eigenvalue weighted by Gasteiger charge is -2.32. The molecule has 2 rings (SSSR count). The van der Waals surface area contributed by atoms with Gasteiger partial charge < -0.3 is 9.52 Å². The summed E-state index contributed by atoms with van der Waals surface area (Å²) >= 11 is 0. The quantitative estimate of drug-likeness (QED) is 0.756. The lowest BCUT2D eigenvalue weighted by atomic mass is 10.1. The molecule has 1 saturated heterocycles. The summed E-state index contributed by atoms with van der Waals surface area (Å²) in [6, 6.07) is 2.48. The molecule has 19 heavy (non-hydrogen) atoms. The zero-order valence-electron chi connectivity index (χ0n) is 10.4. The van der Waals surface area contributed by atoms with Crippen molar-refractivity contribution < 1.29 is 23.9 Å². The molecule has 1 aromatic heterocycles. The second kappa shape index (κ2) is 5.23. The maximum absolute atomic E-state index is 11.7. The molecule has 0 aromatic carbocycles. The number of nitrogens with one attached hydrogen (secondary N) is 1. The molecule has 1 aromatic rings. The van der Waals surface area contributed by atoms with Crippen molar-refractivity contribution in [2.75, 3.05) is 6.54 Å². The van der Waals surface area contributed by atoms with Crippen molar-refractivity contribution >= 4 is 17.8 Å². The van der Waals surface area contributed by atoms with Gasteiger partial charge >= 0.3 is 5.97 Å². The van der Waals surface area contributed by atoms with Gasteiger partial charge in [0.25, 0.3) is 0 Å². The Morgan fingerprint density at radius 2 is 2.26 bits per heavy atom. The van der Waals surface area contributed by atoms with E-state index < -0.39 is 12.0 Å². The largest absolute Gasteiger partial charge is 0.475 e. The molecule has 0 spiro atoms. The van der Waals surface area contributed by atoms with Gasteiger partial charge in [-0.1, -0.05) is 6.92 Å². The van der Waals surface area contributed by atoms with Crippen LogP contribution in [0.1, 0.15) is 29.7 Å². The van der Waals surface area contributed by atoms with Gasteiger partial charge in [-0.15, -0.1) is 0 Å². The number of hydrogen-bond donors (Lipinski definition) is 2. The molecule has 2 heterocycles. The molecule has 0 radical (unpaired) electrons. The Labute approximate surface area is 109 Å². The molecule has 0 bridgehead atoms. The highest BCUT2D eigenvalue weighted by Crippen LogP contribution is 2.16. The Bertz CT molecular complexity index is 522. The molecule has 2 N–H and O–H groups in total. The number of furan rings is 1. The summed E-state index contributed by atoms with van der Waals surface area (Å²) < 4.78 is 5.13. The number of carboxylic acid groups (broad SMARTS) is 1. The van der Waals surface area contributed by atoms with Crippen LogP contribution in [0.25, 0.3) is 0 Å². The standard InChI is InChI=1S/C12H14N2O5/c1-2-8-11(16)13-10(15)6-14(8)5-7-3-4-9(19-7)12(17)18/h3-4,8H,2,5-6H2,1H3,(H,17,18)(H,13,15,16). The van der Waals surface area contributed by atoms with Crippen LogP contribution in [0.3, 0.4) is 0 Å². The Kier molecular flexibility index (Phi) is 3.66. The molecule has 2 amide bonds. The molecule has 0 aliphatic carbocycles. The SMILES string of the molecule is CCC1C(=O)NC(=O)CN1Cc1ccc(C(=O)O)o1. The third-order valence-corrected chi connectivity index (χ3v) is 2.97. The summed E-state index contributed by atoms with van der Waals surface area (Å²) in [6.07, 6.45) is 0.561. The number of amides is 2. The molecular formula is C12H14N2O5. The highest BCUT2D eigenvalue weighted by molar-refractivity contribution is 6.01. The number of rotatable bonds is 4. The van der Waals surface area contributed by atoms with Gasteiger partial charge in [0.05, 0.1) is 19.1 Å². The van der Waals surface area contributed by atoms with Crippen molar-refractivity contribution in [3.63, 3.8) is 0 Å². The second-order valence-electron chi connectivity index (χ2n) is 4.31. The van der Waals surface area contributed by atoms with Crippen LogP contribution in [-0.2, 0) is 16.1 Å². The molecule has 1 fully saturated rings. The van der Waals surface area contributed by atoms with E-state index in [2.05, 4.69) is 5.32 Å². The number of carbonyl (C=O) groups excluding carboxylic acids is 2. The number of nitrogens with zero attached hydrogens (tertiary/aromatic N) is 1. The van der Waals surface area contributed by atoms with Gasteiger partial charge in [-0.2, -0.15) is 0 Å². The third-order valence-electron chi connectivity index (χ3n) is 2.97. The fourth-order valence-corrected chi connectivity index (χ4v) is 2.11. The normalized spacial score (nSPS) is 20.4. The van der Waals surface area contributed by atoms with Gasteiger partial charge in [0, 0.05) is 0 Å². The van der Waals surface area contributed by atoms with Crippen molar-refractivity contribution in [2.45, 2.75) is 25.9 Å². The van der Waals surface area contributed by atoms with Crippen LogP contribution in [0.15, 0.2) is 16.5 Å². The fraction of sp³-hybridized carbons (Fsp3) is 0.417. The van der Waals surface area contributed by atoms with Crippen LogP contribution in [0.2, 0.25) is 0 Å². The van der Waals surface area contributed by atoms with Gasteiger partial charge in [0.15, 0.2) is 0 Å². The van der Waals surface area contributed by atoms with E-state index in [-0.39, 0.29) is 30.7 Å². The summed E-state index contributed by atoms with van der Waals surface area (Å²) in [4.78, 5) is 35.4. The first kappa shape index (κ1) is 13.3. The molecular weight excluding hydrogens is 252 g/mol. The van der Waals surface area contributed by atoms with Crippen molar-refractivity contribution in [1.29, 1.82) is 0 Å². The highest BCUT2D eigenvalue weighted by atomic mass is 16.4. The summed E-state index contributed by atoms with van der Waals surface area (Å²) in [6.45, 7) is 2.16. The summed E-state index contributed by atoms with van der Waals surface area (Å²) in [5, 5.41) is 11.0. The Balaban J connectivity index is 2.12. The minimum atomic E-state index is -1.15. The summed E-state index contributed by atoms with van der Waals surface area (Å²) in [5.41, 5.74) is 0. The number of imide groups is 1. The van der Waals surface area contributed by atoms with Crippen LogP contribution in [0.5, 0.6) is 0 Å². The Morgan fingerprint density at radius 3 is 2.84 bits per heavy atom. The first-order valence-electron chi connectivity index (χ1n) is 5.91. The molecule has 1 aliphatic heterocycles. The predicted molar refractivity (Wildman–Crippen MR) is 63.3 cm³/mol. The molecule has 1 atom stereocenters. The zero-order chi connectivity index (χ0) is 14.0. The van der Waals surface area contributed by atoms with Gasteiger partial charge in [0.1, 0.15) is 5.76 Å². The van der Waals surface area contributed by atoms with Crippen LogP contribution in [0, 0.1) is 0 Å². The minimum absolute atomic E-state index is 0.0906. The van der Waals surface area contributed by atoms with E-state index in [4.69, 9.17) is 9.52 Å². The maximum atomic E-state index is 11.7. The van der Waals surface area contributed by atoms with E-state index in [1.807, 2.05) is 6.92 Å². The Hall–Kier alpha value is -2.15. The van der Waals surface area contributed by atoms with E-state index in [0.29, 0.717) is 12.2 Å². The fourth-order valence-electron chi connectivity index (χ4n) is 2.11. The predicted octanol–water partition coefficient (Wildman–Crippen LogP) is 0.215. The highest BCUT2D eigenvalue weighted by Gasteiger charge is 2.32. The maximum Gasteiger partial charge on any atom is 0.371 e. The number of carboxylic acids is 1. The molecule has 102 valence electrons. The zero-order valence-corrected chi connectivity index (χ0v) is 10.4. The van der Waals surface area contributed by atoms with E-state index in [9.17, 15) is 14.4 Å². The molecule has 1 aliphatic rings. The Morgan fingerprint density at radius 1 is 1.53 bits per heavy atom. The van der Waals surface area contributed by atoms with E-state index >= 15 is 0 Å². The van der Waals surface area contributed by atoms with E-state index in [1.165, 1.54) is 12.1 Å². The summed E-state index contributed by atoms with van der Waals surface area (Å²) in [5.74, 6) is -1.58. The van der Waals surface area contributed by atoms with E-state index in [1.54, 1.807) is 4.90 Å². The molecule has 7 heteroatoms. The van der Waals surface area contributed by atoms with Crippen LogP contribution < -0.4 is 5.32 Å². The number of aromatic carboxylic acids is 1. The van der Waals surface area contributed by atoms with E-state index in [0.717, 1.165) is 0 Å². The lowest BCUT2D eigenvalue weighted by Crippen LogP contribution is -2.57. The van der Waals surface area contributed by atoms with Gasteiger partial charge in [-0.05, 0) is 18.6 Å². The van der Waals surface area contributed by atoms with Crippen molar-refractivity contribution in [3.8, 4) is 0 Å². The molecule has 1 unspecified atom stereocenters. The average molecular weight is 266 g/mol.